The number of carbonyl (C=O) groups is 2. The first-order chi connectivity index (χ1) is 20.4. The molecule has 42 heavy (non-hydrogen) atoms. The van der Waals surface area contributed by atoms with Crippen LogP contribution in [0.1, 0.15) is 56.9 Å². The molecular weight excluding hydrogens is 536 g/mol. The first-order valence-corrected chi connectivity index (χ1v) is 15.1. The van der Waals surface area contributed by atoms with Crippen LogP contribution in [0.4, 0.5) is 5.69 Å². The Hall–Kier alpha value is -3.63. The molecule has 0 radical (unpaired) electrons. The maximum Gasteiger partial charge on any atom is 0.306 e. The van der Waals surface area contributed by atoms with Gasteiger partial charge in [0.2, 0.25) is 5.91 Å². The molecule has 0 bridgehead atoms. The van der Waals surface area contributed by atoms with Crippen molar-refractivity contribution in [1.29, 1.82) is 0 Å². The highest BCUT2D eigenvalue weighted by atomic mass is 16.5. The van der Waals surface area contributed by atoms with E-state index in [2.05, 4.69) is 4.90 Å². The summed E-state index contributed by atoms with van der Waals surface area (Å²) in [5, 5.41) is 19.1. The smallest absolute Gasteiger partial charge is 0.306 e. The lowest BCUT2D eigenvalue weighted by Gasteiger charge is -2.42. The second-order valence-electron chi connectivity index (χ2n) is 11.5. The first-order valence-electron chi connectivity index (χ1n) is 15.1. The van der Waals surface area contributed by atoms with Crippen LogP contribution < -0.4 is 10.5 Å². The van der Waals surface area contributed by atoms with Gasteiger partial charge in [-0.2, -0.15) is 0 Å². The Morgan fingerprint density at radius 3 is 2.48 bits per heavy atom. The number of aliphatic hydroxyl groups is 1. The van der Waals surface area contributed by atoms with E-state index >= 15 is 0 Å². The van der Waals surface area contributed by atoms with Gasteiger partial charge in [0.15, 0.2) is 5.96 Å². The number of guanidine groups is 1. The number of carbonyl (C=O) groups excluding carboxylic acids is 1. The van der Waals surface area contributed by atoms with Crippen molar-refractivity contribution >= 4 is 23.5 Å². The van der Waals surface area contributed by atoms with Crippen molar-refractivity contribution in [3.05, 3.63) is 54.1 Å². The number of hydrogen-bond acceptors (Lipinski definition) is 8. The van der Waals surface area contributed by atoms with Crippen molar-refractivity contribution in [3.8, 4) is 11.5 Å². The molecule has 4 N–H and O–H groups in total. The molecule has 10 heteroatoms. The van der Waals surface area contributed by atoms with E-state index in [0.717, 1.165) is 35.6 Å². The number of aliphatic hydroxyl groups excluding tert-OH is 1. The molecule has 2 aromatic rings. The average Bonchev–Trinajstić information content (AvgIpc) is 3.01. The number of nitrogens with zero attached hydrogens (tertiary/aromatic N) is 3. The van der Waals surface area contributed by atoms with E-state index in [0.29, 0.717) is 70.2 Å². The monoisotopic (exact) mass is 578 g/mol. The molecule has 2 fully saturated rings. The van der Waals surface area contributed by atoms with Gasteiger partial charge in [-0.25, -0.2) is 4.99 Å². The minimum absolute atomic E-state index is 0.00725. The normalized spacial score (nSPS) is 21.6. The van der Waals surface area contributed by atoms with Crippen LogP contribution in [0.3, 0.4) is 0 Å². The largest absolute Gasteiger partial charge is 0.481 e. The predicted molar refractivity (Wildman–Crippen MR) is 159 cm³/mol. The fourth-order valence-electron chi connectivity index (χ4n) is 6.64. The molecule has 1 atom stereocenters. The van der Waals surface area contributed by atoms with Gasteiger partial charge in [0, 0.05) is 50.4 Å². The highest BCUT2D eigenvalue weighted by Gasteiger charge is 2.35. The number of rotatable bonds is 11. The zero-order valence-electron chi connectivity index (χ0n) is 24.1. The molecular formula is C32H42N4O6. The molecule has 2 aromatic carbocycles. The topological polar surface area (TPSA) is 138 Å². The van der Waals surface area contributed by atoms with Crippen molar-refractivity contribution < 1.29 is 29.3 Å². The number of benzene rings is 2. The maximum absolute atomic E-state index is 13.6. The number of aliphatic imine (C=N–C) groups is 1. The maximum atomic E-state index is 13.6. The van der Waals surface area contributed by atoms with Crippen LogP contribution in [0.5, 0.6) is 11.5 Å². The number of amides is 1. The summed E-state index contributed by atoms with van der Waals surface area (Å²) in [7, 11) is 0. The Bertz CT molecular complexity index is 1240. The molecule has 1 saturated heterocycles. The number of ether oxygens (including phenoxy) is 2. The quantitative estimate of drug-likeness (QED) is 0.359. The third-order valence-electron chi connectivity index (χ3n) is 8.91. The van der Waals surface area contributed by atoms with Gasteiger partial charge in [-0.15, -0.1) is 0 Å². The van der Waals surface area contributed by atoms with E-state index in [9.17, 15) is 19.8 Å². The van der Waals surface area contributed by atoms with Gasteiger partial charge in [0.1, 0.15) is 11.5 Å². The van der Waals surface area contributed by atoms with Crippen LogP contribution in [0.25, 0.3) is 0 Å². The molecule has 2 heterocycles. The van der Waals surface area contributed by atoms with Gasteiger partial charge >= 0.3 is 5.97 Å². The zero-order valence-corrected chi connectivity index (χ0v) is 24.1. The van der Waals surface area contributed by atoms with Crippen LogP contribution in [0, 0.1) is 11.8 Å². The van der Waals surface area contributed by atoms with E-state index in [-0.39, 0.29) is 37.1 Å². The number of carboxylic acid groups (broad SMARTS) is 1. The van der Waals surface area contributed by atoms with E-state index in [4.69, 9.17) is 20.2 Å². The summed E-state index contributed by atoms with van der Waals surface area (Å²) in [6.07, 6.45) is 5.06. The fourth-order valence-corrected chi connectivity index (χ4v) is 6.64. The molecule has 1 amide bonds. The first kappa shape index (κ1) is 29.8. The molecule has 226 valence electrons. The minimum Gasteiger partial charge on any atom is -0.481 e. The van der Waals surface area contributed by atoms with Gasteiger partial charge in [0.05, 0.1) is 18.2 Å². The summed E-state index contributed by atoms with van der Waals surface area (Å²) in [4.78, 5) is 33.6. The van der Waals surface area contributed by atoms with E-state index < -0.39 is 5.97 Å². The Morgan fingerprint density at radius 2 is 1.79 bits per heavy atom. The summed E-state index contributed by atoms with van der Waals surface area (Å²) in [5.41, 5.74) is 8.40. The summed E-state index contributed by atoms with van der Waals surface area (Å²) >= 11 is 0. The van der Waals surface area contributed by atoms with Crippen LogP contribution in [0.15, 0.2) is 53.5 Å². The van der Waals surface area contributed by atoms with Crippen molar-refractivity contribution in [2.45, 2.75) is 70.0 Å². The van der Waals surface area contributed by atoms with Crippen molar-refractivity contribution in [1.82, 2.24) is 9.80 Å². The molecule has 1 saturated carbocycles. The molecule has 0 aromatic heterocycles. The fraction of sp³-hybridized carbons (Fsp3) is 0.531. The Kier molecular flexibility index (Phi) is 9.97. The second-order valence-corrected chi connectivity index (χ2v) is 11.5. The minimum atomic E-state index is -0.770. The number of fused-ring (bicyclic) bond motifs is 1. The third-order valence-corrected chi connectivity index (χ3v) is 8.91. The van der Waals surface area contributed by atoms with Crippen LogP contribution in [-0.4, -0.2) is 76.3 Å². The van der Waals surface area contributed by atoms with E-state index in [1.54, 1.807) is 4.90 Å². The predicted octanol–water partition coefficient (Wildman–Crippen LogP) is 4.28. The third kappa shape index (κ3) is 7.22. The molecule has 10 nitrogen and oxygen atoms in total. The van der Waals surface area contributed by atoms with E-state index in [1.807, 2.05) is 48.5 Å². The lowest BCUT2D eigenvalue weighted by molar-refractivity contribution is -0.143. The standard InChI is InChI=1S/C32H42N4O6/c33-32-34-28-11-10-27(42-26-4-2-1-3-5-26)20-24(28)21-36(32)29(22-14-18-41-19-15-22)12-13-30(38)35(16-17-37)25-8-6-23(7-9-25)31(39)40/h1-5,10-11,20,22-23,25,29,37H,6-9,12-19,21H2,(H2,33,34)(H,39,40)/t23?,25?,29-/m0/s1. The van der Waals surface area contributed by atoms with Crippen LogP contribution in [-0.2, 0) is 20.9 Å². The van der Waals surface area contributed by atoms with Gasteiger partial charge in [-0.3, -0.25) is 9.59 Å². The van der Waals surface area contributed by atoms with Gasteiger partial charge in [-0.1, -0.05) is 18.2 Å². The van der Waals surface area contributed by atoms with Gasteiger partial charge < -0.3 is 35.2 Å². The summed E-state index contributed by atoms with van der Waals surface area (Å²) in [6.45, 7) is 2.05. The molecule has 0 unspecified atom stereocenters. The number of hydrogen-bond donors (Lipinski definition) is 3. The van der Waals surface area contributed by atoms with Gasteiger partial charge in [-0.05, 0) is 81.2 Å². The number of aliphatic carboxylic acids is 1. The lowest BCUT2D eigenvalue weighted by atomic mass is 9.84. The Balaban J connectivity index is 1.30. The zero-order chi connectivity index (χ0) is 29.5. The van der Waals surface area contributed by atoms with Crippen molar-refractivity contribution in [2.75, 3.05) is 26.4 Å². The van der Waals surface area contributed by atoms with Crippen LogP contribution in [0.2, 0.25) is 0 Å². The van der Waals surface area contributed by atoms with Crippen LogP contribution >= 0.6 is 0 Å². The number of nitrogens with two attached hydrogens (primary N) is 1. The SMILES string of the molecule is NC1=Nc2ccc(Oc3ccccc3)cc2CN1[C@@H](CCC(=O)N(CCO)C1CCC(C(=O)O)CC1)C1CCOCC1. The Morgan fingerprint density at radius 1 is 1.05 bits per heavy atom. The molecule has 5 rings (SSSR count). The number of carboxylic acids is 1. The van der Waals surface area contributed by atoms with E-state index in [1.165, 1.54) is 0 Å². The number of para-hydroxylation sites is 1. The van der Waals surface area contributed by atoms with Crippen molar-refractivity contribution in [2.24, 2.45) is 22.6 Å². The molecule has 1 aliphatic carbocycles. The van der Waals surface area contributed by atoms with Crippen molar-refractivity contribution in [3.63, 3.8) is 0 Å². The van der Waals surface area contributed by atoms with Gasteiger partial charge in [0.25, 0.3) is 0 Å². The molecule has 3 aliphatic rings. The molecule has 0 spiro atoms. The summed E-state index contributed by atoms with van der Waals surface area (Å²) < 4.78 is 11.7. The highest BCUT2D eigenvalue weighted by Crippen LogP contribution is 2.36. The summed E-state index contributed by atoms with van der Waals surface area (Å²) in [5.74, 6) is 1.10. The Labute approximate surface area is 247 Å². The summed E-state index contributed by atoms with van der Waals surface area (Å²) in [6, 6.07) is 15.4. The second kappa shape index (κ2) is 14.0. The average molecular weight is 579 g/mol. The lowest BCUT2D eigenvalue weighted by Crippen LogP contribution is -2.50. The highest BCUT2D eigenvalue weighted by molar-refractivity contribution is 5.84. The molecule has 2 aliphatic heterocycles.